The molecule has 0 bridgehead atoms. The van der Waals surface area contributed by atoms with Crippen LogP contribution in [0.5, 0.6) is 5.75 Å². The third-order valence-electron chi connectivity index (χ3n) is 2.18. The Kier molecular flexibility index (Phi) is 4.06. The summed E-state index contributed by atoms with van der Waals surface area (Å²) in [5.41, 5.74) is 1.12. The first kappa shape index (κ1) is 12.4. The minimum absolute atomic E-state index is 0.754. The Morgan fingerprint density at radius 1 is 1.47 bits per heavy atom. The molecule has 2 aromatic rings. The molecule has 0 aliphatic rings. The lowest BCUT2D eigenvalue weighted by Gasteiger charge is -2.07. The molecule has 1 N–H and O–H groups in total. The lowest BCUT2D eigenvalue weighted by atomic mass is 10.2. The Hall–Kier alpha value is -1.01. The smallest absolute Gasteiger partial charge is 0.208 e. The fourth-order valence-corrected chi connectivity index (χ4v) is 2.62. The molecule has 0 saturated heterocycles. The zero-order chi connectivity index (χ0) is 12.3. The number of halogens is 1. The summed E-state index contributed by atoms with van der Waals surface area (Å²) in [6.07, 6.45) is 0. The van der Waals surface area contributed by atoms with Crippen LogP contribution in [0, 0.1) is 6.92 Å². The quantitative estimate of drug-likeness (QED) is 0.881. The maximum atomic E-state index is 5.31. The Morgan fingerprint density at radius 2 is 2.29 bits per heavy atom. The molecule has 0 saturated carbocycles. The van der Waals surface area contributed by atoms with Gasteiger partial charge in [-0.1, -0.05) is 27.7 Å². The number of ether oxygens (including phenoxy) is 1. The van der Waals surface area contributed by atoms with Crippen molar-refractivity contribution in [2.75, 3.05) is 7.11 Å². The van der Waals surface area contributed by atoms with E-state index < -0.39 is 0 Å². The summed E-state index contributed by atoms with van der Waals surface area (Å²) in [6, 6.07) is 5.96. The van der Waals surface area contributed by atoms with Gasteiger partial charge in [0.25, 0.3) is 0 Å². The summed E-state index contributed by atoms with van der Waals surface area (Å²) < 4.78 is 6.35. The predicted molar refractivity (Wildman–Crippen MR) is 71.4 cm³/mol. The molecule has 0 amide bonds. The number of hydrogen-bond acceptors (Lipinski definition) is 4. The number of thioether (sulfide) groups is 1. The molecule has 0 fully saturated rings. The van der Waals surface area contributed by atoms with E-state index in [9.17, 15) is 0 Å². The Bertz CT molecular complexity index is 515. The number of aromatic amines is 1. The highest BCUT2D eigenvalue weighted by Gasteiger charge is 2.06. The summed E-state index contributed by atoms with van der Waals surface area (Å²) in [7, 11) is 1.67. The van der Waals surface area contributed by atoms with Crippen molar-refractivity contribution < 1.29 is 4.74 Å². The zero-order valence-corrected chi connectivity index (χ0v) is 11.9. The summed E-state index contributed by atoms with van der Waals surface area (Å²) in [4.78, 5) is 4.25. The molecule has 2 rings (SSSR count). The van der Waals surface area contributed by atoms with Crippen LogP contribution in [0.1, 0.15) is 11.4 Å². The van der Waals surface area contributed by atoms with E-state index in [4.69, 9.17) is 4.74 Å². The first-order chi connectivity index (χ1) is 8.19. The van der Waals surface area contributed by atoms with Crippen molar-refractivity contribution in [1.29, 1.82) is 0 Å². The summed E-state index contributed by atoms with van der Waals surface area (Å²) in [5, 5.41) is 7.66. The van der Waals surface area contributed by atoms with Crippen molar-refractivity contribution in [2.24, 2.45) is 0 Å². The normalized spacial score (nSPS) is 10.5. The van der Waals surface area contributed by atoms with Crippen LogP contribution >= 0.6 is 27.7 Å². The molecule has 1 aromatic carbocycles. The van der Waals surface area contributed by atoms with Gasteiger partial charge in [0.05, 0.1) is 7.11 Å². The van der Waals surface area contributed by atoms with E-state index in [2.05, 4.69) is 31.1 Å². The van der Waals surface area contributed by atoms with Crippen LogP contribution in [-0.2, 0) is 5.75 Å². The van der Waals surface area contributed by atoms with Gasteiger partial charge < -0.3 is 4.74 Å². The van der Waals surface area contributed by atoms with Gasteiger partial charge in [-0.15, -0.1) is 5.10 Å². The van der Waals surface area contributed by atoms with Crippen LogP contribution < -0.4 is 4.74 Å². The van der Waals surface area contributed by atoms with E-state index in [0.29, 0.717) is 0 Å². The second-order valence-corrected chi connectivity index (χ2v) is 5.31. The van der Waals surface area contributed by atoms with Crippen molar-refractivity contribution in [3.63, 3.8) is 0 Å². The maximum Gasteiger partial charge on any atom is 0.208 e. The van der Waals surface area contributed by atoms with Gasteiger partial charge in [0.1, 0.15) is 11.6 Å². The van der Waals surface area contributed by atoms with Crippen molar-refractivity contribution in [3.8, 4) is 5.75 Å². The molecular formula is C11H12BrN3OS. The monoisotopic (exact) mass is 313 g/mol. The second kappa shape index (κ2) is 5.55. The highest BCUT2D eigenvalue weighted by molar-refractivity contribution is 9.10. The average molecular weight is 314 g/mol. The number of aryl methyl sites for hydroxylation is 1. The minimum atomic E-state index is 0.754. The van der Waals surface area contributed by atoms with Gasteiger partial charge >= 0.3 is 0 Å². The highest BCUT2D eigenvalue weighted by Crippen LogP contribution is 2.28. The standard InChI is InChI=1S/C11H12BrN3OS/c1-7-13-11(15-14-7)17-6-8-5-9(12)3-4-10(8)16-2/h3-5H,6H2,1-2H3,(H,13,14,15). The first-order valence-electron chi connectivity index (χ1n) is 5.03. The zero-order valence-electron chi connectivity index (χ0n) is 9.53. The molecule has 0 atom stereocenters. The van der Waals surface area contributed by atoms with Crippen LogP contribution in [0.15, 0.2) is 27.8 Å². The predicted octanol–water partition coefficient (Wildman–Crippen LogP) is 3.18. The number of H-pyrrole nitrogens is 1. The van der Waals surface area contributed by atoms with E-state index >= 15 is 0 Å². The van der Waals surface area contributed by atoms with Crippen LogP contribution in [0.25, 0.3) is 0 Å². The third-order valence-corrected chi connectivity index (χ3v) is 3.57. The topological polar surface area (TPSA) is 50.8 Å². The number of rotatable bonds is 4. The molecule has 1 aromatic heterocycles. The van der Waals surface area contributed by atoms with Gasteiger partial charge in [0.15, 0.2) is 0 Å². The van der Waals surface area contributed by atoms with E-state index in [1.807, 2.05) is 25.1 Å². The molecule has 6 heteroatoms. The van der Waals surface area contributed by atoms with Crippen LogP contribution in [0.3, 0.4) is 0 Å². The number of benzene rings is 1. The molecule has 0 aliphatic carbocycles. The van der Waals surface area contributed by atoms with Crippen molar-refractivity contribution in [1.82, 2.24) is 15.2 Å². The molecule has 0 unspecified atom stereocenters. The molecule has 4 nitrogen and oxygen atoms in total. The Morgan fingerprint density at radius 3 is 2.94 bits per heavy atom. The Balaban J connectivity index is 2.10. The van der Waals surface area contributed by atoms with E-state index in [1.54, 1.807) is 18.9 Å². The maximum absolute atomic E-state index is 5.31. The SMILES string of the molecule is COc1ccc(Br)cc1CSc1n[nH]c(C)n1. The Labute approximate surface area is 112 Å². The second-order valence-electron chi connectivity index (χ2n) is 3.45. The van der Waals surface area contributed by atoms with Gasteiger partial charge in [0, 0.05) is 15.8 Å². The van der Waals surface area contributed by atoms with Crippen molar-refractivity contribution in [3.05, 3.63) is 34.1 Å². The lowest BCUT2D eigenvalue weighted by Crippen LogP contribution is -1.90. The molecule has 0 radical (unpaired) electrons. The fourth-order valence-electron chi connectivity index (χ4n) is 1.39. The number of nitrogens with one attached hydrogen (secondary N) is 1. The van der Waals surface area contributed by atoms with E-state index in [0.717, 1.165) is 32.5 Å². The van der Waals surface area contributed by atoms with Gasteiger partial charge in [-0.3, -0.25) is 5.10 Å². The highest BCUT2D eigenvalue weighted by atomic mass is 79.9. The molecule has 0 spiro atoms. The van der Waals surface area contributed by atoms with Crippen LogP contribution in [0.4, 0.5) is 0 Å². The summed E-state index contributed by atoms with van der Waals surface area (Å²) in [5.74, 6) is 2.49. The minimum Gasteiger partial charge on any atom is -0.496 e. The molecular weight excluding hydrogens is 302 g/mol. The molecule has 1 heterocycles. The number of hydrogen-bond donors (Lipinski definition) is 1. The summed E-state index contributed by atoms with van der Waals surface area (Å²) >= 11 is 5.03. The largest absolute Gasteiger partial charge is 0.496 e. The number of methoxy groups -OCH3 is 1. The molecule has 90 valence electrons. The van der Waals surface area contributed by atoms with Gasteiger partial charge in [0.2, 0.25) is 5.16 Å². The van der Waals surface area contributed by atoms with Crippen LogP contribution in [-0.4, -0.2) is 22.3 Å². The first-order valence-corrected chi connectivity index (χ1v) is 6.81. The molecule has 17 heavy (non-hydrogen) atoms. The van der Waals surface area contributed by atoms with Crippen molar-refractivity contribution >= 4 is 27.7 Å². The van der Waals surface area contributed by atoms with E-state index in [-0.39, 0.29) is 0 Å². The van der Waals surface area contributed by atoms with Crippen LogP contribution in [0.2, 0.25) is 0 Å². The molecule has 0 aliphatic heterocycles. The number of nitrogens with zero attached hydrogens (tertiary/aromatic N) is 2. The fraction of sp³-hybridized carbons (Fsp3) is 0.273. The number of aromatic nitrogens is 3. The average Bonchev–Trinajstić information content (AvgIpc) is 2.73. The van der Waals surface area contributed by atoms with Gasteiger partial charge in [-0.25, -0.2) is 4.98 Å². The summed E-state index contributed by atoms with van der Waals surface area (Å²) in [6.45, 7) is 1.89. The van der Waals surface area contributed by atoms with Gasteiger partial charge in [-0.05, 0) is 25.1 Å². The third kappa shape index (κ3) is 3.23. The van der Waals surface area contributed by atoms with Gasteiger partial charge in [-0.2, -0.15) is 0 Å². The van der Waals surface area contributed by atoms with Crippen molar-refractivity contribution in [2.45, 2.75) is 17.8 Å². The lowest BCUT2D eigenvalue weighted by molar-refractivity contribution is 0.411. The van der Waals surface area contributed by atoms with E-state index in [1.165, 1.54) is 0 Å².